The molecule has 0 heterocycles. The summed E-state index contributed by atoms with van der Waals surface area (Å²) in [6.07, 6.45) is 0. The Morgan fingerprint density at radius 1 is 1.56 bits per heavy atom. The second-order valence-electron chi connectivity index (χ2n) is 3.07. The van der Waals surface area contributed by atoms with Gasteiger partial charge in [0.1, 0.15) is 4.83 Å². The van der Waals surface area contributed by atoms with Crippen LogP contribution in [0.5, 0.6) is 0 Å². The lowest BCUT2D eigenvalue weighted by Crippen LogP contribution is -2.28. The van der Waals surface area contributed by atoms with Crippen LogP contribution in [-0.4, -0.2) is 15.9 Å². The van der Waals surface area contributed by atoms with Gasteiger partial charge in [-0.3, -0.25) is 4.79 Å². The van der Waals surface area contributed by atoms with Crippen molar-refractivity contribution in [3.8, 4) is 0 Å². The Balaban J connectivity index is 4.04. The highest BCUT2D eigenvalue weighted by molar-refractivity contribution is 9.10. The standard InChI is InChI=1S/C6H11BrO2/c1-6(2,3)4(7)5(8)9/h4H,1-3H3,(H,8,9). The van der Waals surface area contributed by atoms with E-state index in [1.165, 1.54) is 0 Å². The van der Waals surface area contributed by atoms with Gasteiger partial charge in [-0.05, 0) is 5.41 Å². The van der Waals surface area contributed by atoms with Crippen molar-refractivity contribution >= 4 is 21.9 Å². The van der Waals surface area contributed by atoms with Gasteiger partial charge >= 0.3 is 5.97 Å². The molecular formula is C6H11BrO2. The molecule has 0 aliphatic heterocycles. The summed E-state index contributed by atoms with van der Waals surface area (Å²) in [5.41, 5.74) is -0.203. The van der Waals surface area contributed by atoms with Gasteiger partial charge < -0.3 is 5.11 Å². The first-order chi connectivity index (χ1) is 3.85. The maximum absolute atomic E-state index is 10.3. The average Bonchev–Trinajstić information content (AvgIpc) is 1.62. The van der Waals surface area contributed by atoms with Gasteiger partial charge in [-0.15, -0.1) is 0 Å². The Hall–Kier alpha value is -0.0500. The summed E-state index contributed by atoms with van der Waals surface area (Å²) in [4.78, 5) is 9.85. The fraction of sp³-hybridized carbons (Fsp3) is 0.833. The quantitative estimate of drug-likeness (QED) is 0.648. The Bertz CT molecular complexity index is 115. The zero-order valence-electron chi connectivity index (χ0n) is 5.81. The molecule has 2 nitrogen and oxygen atoms in total. The van der Waals surface area contributed by atoms with Gasteiger partial charge in [0.2, 0.25) is 0 Å². The van der Waals surface area contributed by atoms with Gasteiger partial charge in [0.25, 0.3) is 0 Å². The summed E-state index contributed by atoms with van der Waals surface area (Å²) in [7, 11) is 0. The minimum atomic E-state index is -0.803. The molecule has 0 radical (unpaired) electrons. The predicted molar refractivity (Wildman–Crippen MR) is 39.8 cm³/mol. The lowest BCUT2D eigenvalue weighted by atomic mass is 9.92. The molecule has 54 valence electrons. The number of rotatable bonds is 1. The van der Waals surface area contributed by atoms with E-state index in [0.29, 0.717) is 0 Å². The maximum Gasteiger partial charge on any atom is 0.317 e. The fourth-order valence-electron chi connectivity index (χ4n) is 0.370. The van der Waals surface area contributed by atoms with Gasteiger partial charge in [-0.2, -0.15) is 0 Å². The first-order valence-electron chi connectivity index (χ1n) is 2.72. The van der Waals surface area contributed by atoms with Crippen LogP contribution in [-0.2, 0) is 4.79 Å². The number of aliphatic carboxylic acids is 1. The maximum atomic E-state index is 10.3. The second-order valence-corrected chi connectivity index (χ2v) is 3.98. The zero-order valence-corrected chi connectivity index (χ0v) is 7.40. The summed E-state index contributed by atoms with van der Waals surface area (Å²) in [6, 6.07) is 0. The number of hydrogen-bond acceptors (Lipinski definition) is 1. The lowest BCUT2D eigenvalue weighted by molar-refractivity contribution is -0.138. The molecule has 3 heteroatoms. The van der Waals surface area contributed by atoms with Crippen molar-refractivity contribution in [2.24, 2.45) is 5.41 Å². The van der Waals surface area contributed by atoms with Crippen LogP contribution < -0.4 is 0 Å². The highest BCUT2D eigenvalue weighted by Gasteiger charge is 2.27. The fourth-order valence-corrected chi connectivity index (χ4v) is 0.370. The summed E-state index contributed by atoms with van der Waals surface area (Å²) in [6.45, 7) is 5.63. The van der Waals surface area contributed by atoms with E-state index >= 15 is 0 Å². The average molecular weight is 195 g/mol. The monoisotopic (exact) mass is 194 g/mol. The Morgan fingerprint density at radius 3 is 1.89 bits per heavy atom. The van der Waals surface area contributed by atoms with Crippen molar-refractivity contribution in [1.29, 1.82) is 0 Å². The normalized spacial score (nSPS) is 15.1. The number of alkyl halides is 1. The van der Waals surface area contributed by atoms with Crippen LogP contribution in [0.4, 0.5) is 0 Å². The molecule has 0 rings (SSSR count). The van der Waals surface area contributed by atoms with E-state index < -0.39 is 10.8 Å². The number of hydrogen-bond donors (Lipinski definition) is 1. The molecule has 1 unspecified atom stereocenters. The van der Waals surface area contributed by atoms with E-state index in [1.54, 1.807) is 0 Å². The van der Waals surface area contributed by atoms with Crippen LogP contribution in [0.3, 0.4) is 0 Å². The van der Waals surface area contributed by atoms with E-state index in [-0.39, 0.29) is 5.41 Å². The zero-order chi connectivity index (χ0) is 7.65. The highest BCUT2D eigenvalue weighted by atomic mass is 79.9. The summed E-state index contributed by atoms with van der Waals surface area (Å²) < 4.78 is 0. The molecule has 0 bridgehead atoms. The molecular weight excluding hydrogens is 184 g/mol. The van der Waals surface area contributed by atoms with Crippen molar-refractivity contribution in [1.82, 2.24) is 0 Å². The summed E-state index contributed by atoms with van der Waals surface area (Å²) in [5.74, 6) is -0.803. The van der Waals surface area contributed by atoms with E-state index in [1.807, 2.05) is 20.8 Å². The number of carboxylic acids is 1. The Morgan fingerprint density at radius 2 is 1.89 bits per heavy atom. The second kappa shape index (κ2) is 2.69. The molecule has 0 aliphatic carbocycles. The van der Waals surface area contributed by atoms with E-state index in [4.69, 9.17) is 5.11 Å². The molecule has 0 amide bonds. The molecule has 0 spiro atoms. The molecule has 9 heavy (non-hydrogen) atoms. The first kappa shape index (κ1) is 8.95. The lowest BCUT2D eigenvalue weighted by Gasteiger charge is -2.20. The molecule has 1 N–H and O–H groups in total. The summed E-state index contributed by atoms with van der Waals surface area (Å²) >= 11 is 3.06. The van der Waals surface area contributed by atoms with Crippen molar-refractivity contribution < 1.29 is 9.90 Å². The first-order valence-corrected chi connectivity index (χ1v) is 3.64. The third kappa shape index (κ3) is 2.84. The molecule has 0 aromatic heterocycles. The molecule has 1 atom stereocenters. The smallest absolute Gasteiger partial charge is 0.317 e. The van der Waals surface area contributed by atoms with Crippen LogP contribution in [0.1, 0.15) is 20.8 Å². The highest BCUT2D eigenvalue weighted by Crippen LogP contribution is 2.25. The van der Waals surface area contributed by atoms with Crippen LogP contribution >= 0.6 is 15.9 Å². The molecule has 0 saturated carbocycles. The number of halogens is 1. The molecule has 0 aliphatic rings. The van der Waals surface area contributed by atoms with E-state index in [9.17, 15) is 4.79 Å². The number of carbonyl (C=O) groups is 1. The minimum Gasteiger partial charge on any atom is -0.480 e. The molecule has 0 fully saturated rings. The van der Waals surface area contributed by atoms with Gasteiger partial charge in [0.15, 0.2) is 0 Å². The Labute approximate surface area is 63.4 Å². The van der Waals surface area contributed by atoms with Gasteiger partial charge in [0.05, 0.1) is 0 Å². The van der Waals surface area contributed by atoms with E-state index in [2.05, 4.69) is 15.9 Å². The van der Waals surface area contributed by atoms with Gasteiger partial charge in [0, 0.05) is 0 Å². The van der Waals surface area contributed by atoms with E-state index in [0.717, 1.165) is 0 Å². The van der Waals surface area contributed by atoms with Crippen LogP contribution in [0.2, 0.25) is 0 Å². The van der Waals surface area contributed by atoms with Crippen molar-refractivity contribution in [3.05, 3.63) is 0 Å². The van der Waals surface area contributed by atoms with Gasteiger partial charge in [-0.25, -0.2) is 0 Å². The number of carboxylic acid groups (broad SMARTS) is 1. The van der Waals surface area contributed by atoms with Crippen LogP contribution in [0, 0.1) is 5.41 Å². The van der Waals surface area contributed by atoms with Crippen molar-refractivity contribution in [2.75, 3.05) is 0 Å². The summed E-state index contributed by atoms with van der Waals surface area (Å²) in [5, 5.41) is 8.47. The molecule has 0 aromatic carbocycles. The van der Waals surface area contributed by atoms with Crippen LogP contribution in [0.25, 0.3) is 0 Å². The third-order valence-electron chi connectivity index (χ3n) is 0.977. The largest absolute Gasteiger partial charge is 0.480 e. The SMILES string of the molecule is CC(C)(C)C(Br)C(=O)O. The topological polar surface area (TPSA) is 37.3 Å². The predicted octanol–water partition coefficient (Wildman–Crippen LogP) is 1.88. The minimum absolute atomic E-state index is 0.203. The Kier molecular flexibility index (Phi) is 2.67. The van der Waals surface area contributed by atoms with Gasteiger partial charge in [-0.1, -0.05) is 36.7 Å². The van der Waals surface area contributed by atoms with Crippen LogP contribution in [0.15, 0.2) is 0 Å². The van der Waals surface area contributed by atoms with Crippen molar-refractivity contribution in [3.63, 3.8) is 0 Å². The molecule has 0 aromatic rings. The third-order valence-corrected chi connectivity index (χ3v) is 2.74. The van der Waals surface area contributed by atoms with Crippen molar-refractivity contribution in [2.45, 2.75) is 25.6 Å². The molecule has 0 saturated heterocycles.